The van der Waals surface area contributed by atoms with E-state index in [1.165, 1.54) is 0 Å². The van der Waals surface area contributed by atoms with Crippen molar-refractivity contribution in [3.8, 4) is 0 Å². The Kier molecular flexibility index (Phi) is 4.56. The SMILES string of the molecule is Cc1ccc(NCc2ccc(F)cc2C(F)(F)F)c(Br)c1. The number of hydrogen-bond acceptors (Lipinski definition) is 1. The first-order valence-electron chi connectivity index (χ1n) is 6.13. The van der Waals surface area contributed by atoms with Crippen molar-refractivity contribution in [3.63, 3.8) is 0 Å². The molecule has 2 aromatic rings. The van der Waals surface area contributed by atoms with E-state index in [9.17, 15) is 17.6 Å². The minimum absolute atomic E-state index is 0.00336. The predicted octanol–water partition coefficient (Wildman–Crippen LogP) is 5.53. The summed E-state index contributed by atoms with van der Waals surface area (Å²) in [6.07, 6.45) is -4.58. The normalized spacial score (nSPS) is 11.5. The molecule has 0 bridgehead atoms. The van der Waals surface area contributed by atoms with Crippen LogP contribution in [0.2, 0.25) is 0 Å². The lowest BCUT2D eigenvalue weighted by Crippen LogP contribution is -2.12. The number of benzene rings is 2. The average Bonchev–Trinajstić information content (AvgIpc) is 2.38. The van der Waals surface area contributed by atoms with Gasteiger partial charge in [-0.25, -0.2) is 4.39 Å². The molecule has 1 N–H and O–H groups in total. The van der Waals surface area contributed by atoms with E-state index in [0.717, 1.165) is 22.2 Å². The van der Waals surface area contributed by atoms with Crippen LogP contribution in [0, 0.1) is 12.7 Å². The van der Waals surface area contributed by atoms with Crippen molar-refractivity contribution in [2.24, 2.45) is 0 Å². The van der Waals surface area contributed by atoms with Crippen molar-refractivity contribution in [2.45, 2.75) is 19.6 Å². The van der Waals surface area contributed by atoms with Gasteiger partial charge < -0.3 is 5.32 Å². The Hall–Kier alpha value is -1.56. The van der Waals surface area contributed by atoms with Crippen molar-refractivity contribution in [2.75, 3.05) is 5.32 Å². The van der Waals surface area contributed by atoms with Gasteiger partial charge in [0.25, 0.3) is 0 Å². The maximum absolute atomic E-state index is 13.0. The summed E-state index contributed by atoms with van der Waals surface area (Å²) in [7, 11) is 0. The van der Waals surface area contributed by atoms with Gasteiger partial charge in [0.2, 0.25) is 0 Å². The molecule has 6 heteroatoms. The molecule has 0 amide bonds. The van der Waals surface area contributed by atoms with Crippen LogP contribution >= 0.6 is 15.9 Å². The highest BCUT2D eigenvalue weighted by Crippen LogP contribution is 2.33. The Morgan fingerprint density at radius 2 is 1.81 bits per heavy atom. The number of alkyl halides is 3. The average molecular weight is 362 g/mol. The third-order valence-corrected chi connectivity index (χ3v) is 3.63. The van der Waals surface area contributed by atoms with E-state index in [1.807, 2.05) is 19.1 Å². The van der Waals surface area contributed by atoms with E-state index in [4.69, 9.17) is 0 Å². The highest BCUT2D eigenvalue weighted by Gasteiger charge is 2.33. The van der Waals surface area contributed by atoms with Crippen LogP contribution in [0.25, 0.3) is 0 Å². The summed E-state index contributed by atoms with van der Waals surface area (Å²) in [6, 6.07) is 8.17. The zero-order valence-electron chi connectivity index (χ0n) is 11.1. The highest BCUT2D eigenvalue weighted by molar-refractivity contribution is 9.10. The second kappa shape index (κ2) is 6.05. The Labute approximate surface area is 128 Å². The van der Waals surface area contributed by atoms with Gasteiger partial charge in [-0.15, -0.1) is 0 Å². The molecule has 0 heterocycles. The predicted molar refractivity (Wildman–Crippen MR) is 77.6 cm³/mol. The largest absolute Gasteiger partial charge is 0.416 e. The lowest BCUT2D eigenvalue weighted by Gasteiger charge is -2.15. The quantitative estimate of drug-likeness (QED) is 0.709. The van der Waals surface area contributed by atoms with Gasteiger partial charge >= 0.3 is 6.18 Å². The fourth-order valence-electron chi connectivity index (χ4n) is 1.92. The second-order valence-corrected chi connectivity index (χ2v) is 5.49. The van der Waals surface area contributed by atoms with Crippen molar-refractivity contribution >= 4 is 21.6 Å². The van der Waals surface area contributed by atoms with Crippen molar-refractivity contribution in [1.29, 1.82) is 0 Å². The Morgan fingerprint density at radius 1 is 1.10 bits per heavy atom. The van der Waals surface area contributed by atoms with Gasteiger partial charge in [-0.3, -0.25) is 0 Å². The maximum atomic E-state index is 13.0. The number of anilines is 1. The lowest BCUT2D eigenvalue weighted by atomic mass is 10.1. The summed E-state index contributed by atoms with van der Waals surface area (Å²) in [5.74, 6) is -0.900. The summed E-state index contributed by atoms with van der Waals surface area (Å²) >= 11 is 3.35. The first kappa shape index (κ1) is 15.8. The zero-order chi connectivity index (χ0) is 15.6. The van der Waals surface area contributed by atoms with Crippen molar-refractivity contribution < 1.29 is 17.6 Å². The molecule has 0 saturated carbocycles. The summed E-state index contributed by atoms with van der Waals surface area (Å²) in [6.45, 7) is 1.87. The van der Waals surface area contributed by atoms with Crippen LogP contribution in [-0.2, 0) is 12.7 Å². The van der Waals surface area contributed by atoms with Crippen molar-refractivity contribution in [3.05, 3.63) is 63.4 Å². The van der Waals surface area contributed by atoms with Gasteiger partial charge in [0.1, 0.15) is 5.82 Å². The third kappa shape index (κ3) is 3.97. The fourth-order valence-corrected chi connectivity index (χ4v) is 2.55. The van der Waals surface area contributed by atoms with Crippen LogP contribution in [0.4, 0.5) is 23.2 Å². The van der Waals surface area contributed by atoms with Crippen LogP contribution in [-0.4, -0.2) is 0 Å². The van der Waals surface area contributed by atoms with E-state index >= 15 is 0 Å². The van der Waals surface area contributed by atoms with Crippen molar-refractivity contribution in [1.82, 2.24) is 0 Å². The molecule has 0 radical (unpaired) electrons. The van der Waals surface area contributed by atoms with Crippen LogP contribution in [0.3, 0.4) is 0 Å². The van der Waals surface area contributed by atoms with E-state index < -0.39 is 17.6 Å². The maximum Gasteiger partial charge on any atom is 0.416 e. The van der Waals surface area contributed by atoms with E-state index in [1.54, 1.807) is 6.07 Å². The summed E-state index contributed by atoms with van der Waals surface area (Å²) in [4.78, 5) is 0. The monoisotopic (exact) mass is 361 g/mol. The zero-order valence-corrected chi connectivity index (χ0v) is 12.6. The van der Waals surface area contributed by atoms with Gasteiger partial charge in [0.05, 0.1) is 5.56 Å². The number of aryl methyl sites for hydroxylation is 1. The molecular weight excluding hydrogens is 350 g/mol. The standard InChI is InChI=1S/C15H12BrF4N/c1-9-2-5-14(13(16)6-9)21-8-10-3-4-11(17)7-12(10)15(18,19)20/h2-7,21H,8H2,1H3. The first-order valence-corrected chi connectivity index (χ1v) is 6.92. The lowest BCUT2D eigenvalue weighted by molar-refractivity contribution is -0.138. The summed E-state index contributed by atoms with van der Waals surface area (Å²) in [5, 5.41) is 2.92. The molecule has 1 nitrogen and oxygen atoms in total. The Morgan fingerprint density at radius 3 is 2.43 bits per heavy atom. The van der Waals surface area contributed by atoms with E-state index in [2.05, 4.69) is 21.2 Å². The van der Waals surface area contributed by atoms with Gasteiger partial charge in [0, 0.05) is 16.7 Å². The molecule has 0 saturated heterocycles. The molecule has 2 aromatic carbocycles. The third-order valence-electron chi connectivity index (χ3n) is 2.97. The molecular formula is C15H12BrF4N. The Bertz CT molecular complexity index is 653. The number of hydrogen-bond donors (Lipinski definition) is 1. The number of halogens is 5. The minimum Gasteiger partial charge on any atom is -0.380 e. The van der Waals surface area contributed by atoms with Crippen LogP contribution < -0.4 is 5.32 Å². The molecule has 112 valence electrons. The molecule has 0 aliphatic heterocycles. The molecule has 0 aromatic heterocycles. The number of nitrogens with one attached hydrogen (secondary N) is 1. The minimum atomic E-state index is -4.58. The van der Waals surface area contributed by atoms with Gasteiger partial charge in [-0.1, -0.05) is 12.1 Å². The van der Waals surface area contributed by atoms with Gasteiger partial charge in [-0.2, -0.15) is 13.2 Å². The molecule has 2 rings (SSSR count). The molecule has 0 spiro atoms. The molecule has 0 atom stereocenters. The van der Waals surface area contributed by atoms with Crippen LogP contribution in [0.15, 0.2) is 40.9 Å². The van der Waals surface area contributed by atoms with Gasteiger partial charge in [0.15, 0.2) is 0 Å². The van der Waals surface area contributed by atoms with Crippen LogP contribution in [0.1, 0.15) is 16.7 Å². The highest BCUT2D eigenvalue weighted by atomic mass is 79.9. The van der Waals surface area contributed by atoms with Crippen LogP contribution in [0.5, 0.6) is 0 Å². The molecule has 0 fully saturated rings. The first-order chi connectivity index (χ1) is 9.77. The smallest absolute Gasteiger partial charge is 0.380 e. The number of rotatable bonds is 3. The molecule has 21 heavy (non-hydrogen) atoms. The van der Waals surface area contributed by atoms with Gasteiger partial charge in [-0.05, 0) is 58.2 Å². The fraction of sp³-hybridized carbons (Fsp3) is 0.200. The summed E-state index contributed by atoms with van der Waals surface area (Å²) in [5.41, 5.74) is 0.748. The second-order valence-electron chi connectivity index (χ2n) is 4.64. The molecule has 0 unspecified atom stereocenters. The Balaban J connectivity index is 2.24. The molecule has 0 aliphatic carbocycles. The summed E-state index contributed by atoms with van der Waals surface area (Å²) < 4.78 is 52.4. The van der Waals surface area contributed by atoms with E-state index in [-0.39, 0.29) is 12.1 Å². The van der Waals surface area contributed by atoms with E-state index in [0.29, 0.717) is 11.8 Å². The topological polar surface area (TPSA) is 12.0 Å². The molecule has 0 aliphatic rings.